The van der Waals surface area contributed by atoms with Crippen molar-refractivity contribution >= 4 is 29.0 Å². The second-order valence-corrected chi connectivity index (χ2v) is 9.01. The molecule has 0 aromatic carbocycles. The van der Waals surface area contributed by atoms with E-state index in [9.17, 15) is 4.79 Å². The maximum Gasteiger partial charge on any atom is 0.408 e. The zero-order valence-corrected chi connectivity index (χ0v) is 18.1. The molecule has 1 aliphatic heterocycles. The van der Waals surface area contributed by atoms with Crippen molar-refractivity contribution in [1.29, 1.82) is 0 Å². The SMILES string of the molecule is COC[C@H]1O[C@@H](c2ccc(Cl)s2)[C@@H](NC(=O)OC(C)(C)C)[C@@H](OC)[C@@H]1OC. The van der Waals surface area contributed by atoms with Crippen molar-refractivity contribution in [3.8, 4) is 0 Å². The van der Waals surface area contributed by atoms with E-state index in [0.29, 0.717) is 10.9 Å². The van der Waals surface area contributed by atoms with Gasteiger partial charge in [0, 0.05) is 26.2 Å². The second-order valence-electron chi connectivity index (χ2n) is 7.27. The lowest BCUT2D eigenvalue weighted by atomic mass is 9.91. The molecule has 154 valence electrons. The Kier molecular flexibility index (Phi) is 7.91. The highest BCUT2D eigenvalue weighted by Gasteiger charge is 2.48. The molecule has 0 saturated carbocycles. The summed E-state index contributed by atoms with van der Waals surface area (Å²) >= 11 is 7.51. The van der Waals surface area contributed by atoms with E-state index in [2.05, 4.69) is 5.32 Å². The van der Waals surface area contributed by atoms with Crippen LogP contribution in [0, 0.1) is 0 Å². The summed E-state index contributed by atoms with van der Waals surface area (Å²) in [5, 5.41) is 2.89. The minimum absolute atomic E-state index is 0.327. The maximum absolute atomic E-state index is 12.4. The van der Waals surface area contributed by atoms with Crippen molar-refractivity contribution in [3.05, 3.63) is 21.3 Å². The van der Waals surface area contributed by atoms with Crippen LogP contribution in [0.3, 0.4) is 0 Å². The number of nitrogens with one attached hydrogen (secondary N) is 1. The van der Waals surface area contributed by atoms with E-state index >= 15 is 0 Å². The van der Waals surface area contributed by atoms with Crippen LogP contribution >= 0.6 is 22.9 Å². The topological polar surface area (TPSA) is 75.3 Å². The average Bonchev–Trinajstić information content (AvgIpc) is 3.00. The zero-order chi connectivity index (χ0) is 20.2. The Morgan fingerprint density at radius 1 is 1.22 bits per heavy atom. The molecule has 1 amide bonds. The highest BCUT2D eigenvalue weighted by atomic mass is 35.5. The maximum atomic E-state index is 12.4. The van der Waals surface area contributed by atoms with Gasteiger partial charge >= 0.3 is 6.09 Å². The summed E-state index contributed by atoms with van der Waals surface area (Å²) in [6.45, 7) is 5.75. The Morgan fingerprint density at radius 2 is 1.89 bits per heavy atom. The van der Waals surface area contributed by atoms with E-state index in [1.54, 1.807) is 48.2 Å². The van der Waals surface area contributed by atoms with Gasteiger partial charge in [-0.15, -0.1) is 11.3 Å². The number of hydrogen-bond donors (Lipinski definition) is 1. The van der Waals surface area contributed by atoms with Gasteiger partial charge in [-0.3, -0.25) is 0 Å². The molecule has 1 saturated heterocycles. The molecule has 0 unspecified atom stereocenters. The largest absolute Gasteiger partial charge is 0.444 e. The molecule has 0 bridgehead atoms. The van der Waals surface area contributed by atoms with E-state index in [0.717, 1.165) is 4.88 Å². The summed E-state index contributed by atoms with van der Waals surface area (Å²) in [4.78, 5) is 13.3. The number of amides is 1. The van der Waals surface area contributed by atoms with Gasteiger partial charge in [-0.1, -0.05) is 11.6 Å². The van der Waals surface area contributed by atoms with Crippen LogP contribution in [0.2, 0.25) is 4.34 Å². The van der Waals surface area contributed by atoms with Crippen LogP contribution in [0.15, 0.2) is 12.1 Å². The van der Waals surface area contributed by atoms with Gasteiger partial charge in [0.15, 0.2) is 0 Å². The first-order chi connectivity index (χ1) is 12.7. The first-order valence-corrected chi connectivity index (χ1v) is 9.84. The Hall–Kier alpha value is -0.900. The predicted molar refractivity (Wildman–Crippen MR) is 104 cm³/mol. The highest BCUT2D eigenvalue weighted by Crippen LogP contribution is 2.39. The van der Waals surface area contributed by atoms with Crippen LogP contribution in [0.5, 0.6) is 0 Å². The van der Waals surface area contributed by atoms with E-state index in [1.807, 2.05) is 6.07 Å². The zero-order valence-electron chi connectivity index (χ0n) is 16.5. The third kappa shape index (κ3) is 5.79. The monoisotopic (exact) mass is 421 g/mol. The first-order valence-electron chi connectivity index (χ1n) is 8.65. The summed E-state index contributed by atoms with van der Waals surface area (Å²) in [5.74, 6) is 0. The van der Waals surface area contributed by atoms with Crippen molar-refractivity contribution in [2.45, 2.75) is 56.8 Å². The Balaban J connectivity index is 2.34. The first kappa shape index (κ1) is 22.4. The fourth-order valence-electron chi connectivity index (χ4n) is 3.13. The Morgan fingerprint density at radius 3 is 2.37 bits per heavy atom. The number of hydrogen-bond acceptors (Lipinski definition) is 7. The van der Waals surface area contributed by atoms with Crippen molar-refractivity contribution in [2.75, 3.05) is 27.9 Å². The molecule has 0 aliphatic carbocycles. The summed E-state index contributed by atoms with van der Waals surface area (Å²) < 4.78 is 28.9. The molecule has 9 heteroatoms. The molecule has 0 spiro atoms. The summed E-state index contributed by atoms with van der Waals surface area (Å²) in [7, 11) is 4.75. The van der Waals surface area contributed by atoms with Crippen LogP contribution in [0.25, 0.3) is 0 Å². The number of halogens is 1. The van der Waals surface area contributed by atoms with Crippen molar-refractivity contribution in [1.82, 2.24) is 5.32 Å². The number of carbonyl (C=O) groups excluding carboxylic acids is 1. The number of rotatable bonds is 6. The predicted octanol–water partition coefficient (Wildman–Crippen LogP) is 3.41. The standard InChI is InChI=1S/C18H28ClNO6S/c1-18(2,3)26-17(21)20-13-15(11-7-8-12(19)27-11)25-10(9-22-4)14(23-5)16(13)24-6/h7-8,10,13-16H,9H2,1-6H3,(H,20,21)/t10-,13-,14-,15+,16-/m1/s1. The number of carbonyl (C=O) groups is 1. The Bertz CT molecular complexity index is 619. The van der Waals surface area contributed by atoms with Gasteiger partial charge in [-0.2, -0.15) is 0 Å². The van der Waals surface area contributed by atoms with Gasteiger partial charge < -0.3 is 29.0 Å². The quantitative estimate of drug-likeness (QED) is 0.758. The molecule has 1 fully saturated rings. The van der Waals surface area contributed by atoms with E-state index in [-0.39, 0.29) is 6.10 Å². The fourth-order valence-corrected chi connectivity index (χ4v) is 4.28. The third-order valence-electron chi connectivity index (χ3n) is 4.12. The van der Waals surface area contributed by atoms with Gasteiger partial charge in [0.2, 0.25) is 0 Å². The lowest BCUT2D eigenvalue weighted by Crippen LogP contribution is -2.62. The van der Waals surface area contributed by atoms with Gasteiger partial charge in [0.1, 0.15) is 30.0 Å². The van der Waals surface area contributed by atoms with Crippen LogP contribution < -0.4 is 5.32 Å². The minimum atomic E-state index is -0.622. The second kappa shape index (κ2) is 9.54. The lowest BCUT2D eigenvalue weighted by molar-refractivity contribution is -0.212. The smallest absolute Gasteiger partial charge is 0.408 e. The molecule has 1 N–H and O–H groups in total. The molecule has 2 rings (SSSR count). The Labute approximate surface area is 169 Å². The molecule has 0 radical (unpaired) electrons. The van der Waals surface area contributed by atoms with Crippen LogP contribution in [-0.2, 0) is 23.7 Å². The fraction of sp³-hybridized carbons (Fsp3) is 0.722. The van der Waals surface area contributed by atoms with E-state index < -0.39 is 36.0 Å². The molecule has 27 heavy (non-hydrogen) atoms. The van der Waals surface area contributed by atoms with E-state index in [1.165, 1.54) is 11.3 Å². The minimum Gasteiger partial charge on any atom is -0.444 e. The summed E-state index contributed by atoms with van der Waals surface area (Å²) in [6.07, 6.45) is -2.30. The summed E-state index contributed by atoms with van der Waals surface area (Å²) in [5.41, 5.74) is -0.622. The lowest BCUT2D eigenvalue weighted by Gasteiger charge is -2.45. The van der Waals surface area contributed by atoms with Crippen molar-refractivity contribution in [2.24, 2.45) is 0 Å². The summed E-state index contributed by atoms with van der Waals surface area (Å²) in [6, 6.07) is 3.15. The normalized spacial score (nSPS) is 28.8. The molecule has 2 heterocycles. The molecule has 1 aromatic rings. The van der Waals surface area contributed by atoms with E-state index in [4.69, 9.17) is 35.3 Å². The van der Waals surface area contributed by atoms with Crippen LogP contribution in [0.1, 0.15) is 31.8 Å². The van der Waals surface area contributed by atoms with Gasteiger partial charge in [0.25, 0.3) is 0 Å². The molecular formula is C18H28ClNO6S. The van der Waals surface area contributed by atoms with Crippen molar-refractivity contribution < 1.29 is 28.5 Å². The van der Waals surface area contributed by atoms with Crippen LogP contribution in [-0.4, -0.2) is 64.0 Å². The van der Waals surface area contributed by atoms with Gasteiger partial charge in [-0.05, 0) is 32.9 Å². The molecule has 1 aliphatic rings. The molecular weight excluding hydrogens is 394 g/mol. The third-order valence-corrected chi connectivity index (χ3v) is 5.42. The number of alkyl carbamates (subject to hydrolysis) is 1. The molecule has 1 aromatic heterocycles. The number of thiophene rings is 1. The number of methoxy groups -OCH3 is 3. The average molecular weight is 422 g/mol. The van der Waals surface area contributed by atoms with Gasteiger partial charge in [0.05, 0.1) is 17.0 Å². The number of ether oxygens (including phenoxy) is 5. The van der Waals surface area contributed by atoms with Crippen LogP contribution in [0.4, 0.5) is 4.79 Å². The highest BCUT2D eigenvalue weighted by molar-refractivity contribution is 7.16. The van der Waals surface area contributed by atoms with Crippen molar-refractivity contribution in [3.63, 3.8) is 0 Å². The molecule has 5 atom stereocenters. The van der Waals surface area contributed by atoms with Gasteiger partial charge in [-0.25, -0.2) is 4.79 Å². The molecule has 7 nitrogen and oxygen atoms in total.